The SMILES string of the molecule is CCOc1ccc(-c2ccc(-c3ccccc3)cc2F)c(F)c1F. The number of rotatable bonds is 4. The Morgan fingerprint density at radius 3 is 2.12 bits per heavy atom. The third-order valence-corrected chi connectivity index (χ3v) is 3.71. The van der Waals surface area contributed by atoms with Crippen LogP contribution in [0.15, 0.2) is 60.7 Å². The quantitative estimate of drug-likeness (QED) is 0.585. The van der Waals surface area contributed by atoms with Crippen LogP contribution in [0, 0.1) is 17.5 Å². The number of benzene rings is 3. The molecule has 3 aromatic carbocycles. The fourth-order valence-corrected chi connectivity index (χ4v) is 2.55. The first-order valence-electron chi connectivity index (χ1n) is 7.58. The zero-order valence-corrected chi connectivity index (χ0v) is 13.0. The molecule has 0 radical (unpaired) electrons. The molecule has 3 aromatic rings. The van der Waals surface area contributed by atoms with Gasteiger partial charge in [0.2, 0.25) is 5.82 Å². The highest BCUT2D eigenvalue weighted by molar-refractivity contribution is 5.71. The van der Waals surface area contributed by atoms with Crippen LogP contribution in [0.5, 0.6) is 5.75 Å². The van der Waals surface area contributed by atoms with E-state index in [2.05, 4.69) is 0 Å². The maximum atomic E-state index is 14.5. The molecule has 0 N–H and O–H groups in total. The summed E-state index contributed by atoms with van der Waals surface area (Å²) in [7, 11) is 0. The van der Waals surface area contributed by atoms with E-state index in [1.165, 1.54) is 24.3 Å². The second-order valence-corrected chi connectivity index (χ2v) is 5.23. The molecule has 0 aliphatic rings. The Labute approximate surface area is 138 Å². The molecule has 24 heavy (non-hydrogen) atoms. The Kier molecular flexibility index (Phi) is 4.56. The second kappa shape index (κ2) is 6.79. The summed E-state index contributed by atoms with van der Waals surface area (Å²) in [5, 5.41) is 0. The lowest BCUT2D eigenvalue weighted by molar-refractivity contribution is 0.314. The molecule has 3 rings (SSSR count). The van der Waals surface area contributed by atoms with Gasteiger partial charge in [-0.05, 0) is 36.2 Å². The fraction of sp³-hybridized carbons (Fsp3) is 0.100. The van der Waals surface area contributed by atoms with Gasteiger partial charge >= 0.3 is 0 Å². The molecule has 0 heterocycles. The monoisotopic (exact) mass is 328 g/mol. The highest BCUT2D eigenvalue weighted by Gasteiger charge is 2.18. The van der Waals surface area contributed by atoms with Gasteiger partial charge in [-0.15, -0.1) is 0 Å². The highest BCUT2D eigenvalue weighted by atomic mass is 19.2. The van der Waals surface area contributed by atoms with E-state index in [0.717, 1.165) is 5.56 Å². The minimum absolute atomic E-state index is 0.00845. The summed E-state index contributed by atoms with van der Waals surface area (Å²) < 4.78 is 47.7. The van der Waals surface area contributed by atoms with E-state index in [9.17, 15) is 13.2 Å². The fourth-order valence-electron chi connectivity index (χ4n) is 2.55. The van der Waals surface area contributed by atoms with Crippen LogP contribution in [0.1, 0.15) is 6.92 Å². The van der Waals surface area contributed by atoms with Crippen LogP contribution in [0.3, 0.4) is 0 Å². The summed E-state index contributed by atoms with van der Waals surface area (Å²) >= 11 is 0. The summed E-state index contributed by atoms with van der Waals surface area (Å²) in [4.78, 5) is 0. The zero-order chi connectivity index (χ0) is 17.1. The summed E-state index contributed by atoms with van der Waals surface area (Å²) in [6, 6.07) is 16.4. The van der Waals surface area contributed by atoms with Crippen LogP contribution in [0.2, 0.25) is 0 Å². The molecule has 1 nitrogen and oxygen atoms in total. The van der Waals surface area contributed by atoms with E-state index in [1.807, 2.05) is 30.3 Å². The number of hydrogen-bond acceptors (Lipinski definition) is 1. The maximum absolute atomic E-state index is 14.5. The molecular formula is C20H15F3O. The van der Waals surface area contributed by atoms with Crippen molar-refractivity contribution >= 4 is 0 Å². The van der Waals surface area contributed by atoms with Gasteiger partial charge in [0.25, 0.3) is 0 Å². The van der Waals surface area contributed by atoms with Gasteiger partial charge in [-0.2, -0.15) is 4.39 Å². The molecule has 0 aliphatic heterocycles. The highest BCUT2D eigenvalue weighted by Crippen LogP contribution is 2.33. The van der Waals surface area contributed by atoms with Crippen LogP contribution in [0.25, 0.3) is 22.3 Å². The lowest BCUT2D eigenvalue weighted by Gasteiger charge is -2.11. The zero-order valence-electron chi connectivity index (χ0n) is 13.0. The number of hydrogen-bond donors (Lipinski definition) is 0. The van der Waals surface area contributed by atoms with E-state index >= 15 is 0 Å². The molecule has 0 saturated carbocycles. The van der Waals surface area contributed by atoms with Crippen LogP contribution in [-0.2, 0) is 0 Å². The molecule has 0 bridgehead atoms. The van der Waals surface area contributed by atoms with Gasteiger partial charge in [-0.25, -0.2) is 8.78 Å². The van der Waals surface area contributed by atoms with Crippen molar-refractivity contribution in [3.05, 3.63) is 78.1 Å². The van der Waals surface area contributed by atoms with Gasteiger partial charge in [0, 0.05) is 11.1 Å². The summed E-state index contributed by atoms with van der Waals surface area (Å²) in [5.41, 5.74) is 1.40. The first kappa shape index (κ1) is 16.1. The topological polar surface area (TPSA) is 9.23 Å². The lowest BCUT2D eigenvalue weighted by Crippen LogP contribution is -1.99. The Morgan fingerprint density at radius 2 is 1.46 bits per heavy atom. The van der Waals surface area contributed by atoms with E-state index in [4.69, 9.17) is 4.74 Å². The standard InChI is InChI=1S/C20H15F3O/c1-2-24-18-11-10-16(19(22)20(18)23)15-9-8-14(12-17(15)21)13-6-4-3-5-7-13/h3-12H,2H2,1H3. The minimum atomic E-state index is -1.12. The molecule has 122 valence electrons. The Hall–Kier alpha value is -2.75. The molecule has 0 fully saturated rings. The Morgan fingerprint density at radius 1 is 0.750 bits per heavy atom. The smallest absolute Gasteiger partial charge is 0.201 e. The third-order valence-electron chi connectivity index (χ3n) is 3.71. The first-order valence-corrected chi connectivity index (χ1v) is 7.58. The predicted molar refractivity (Wildman–Crippen MR) is 88.4 cm³/mol. The normalized spacial score (nSPS) is 10.7. The Balaban J connectivity index is 2.03. The molecule has 0 aliphatic carbocycles. The molecule has 0 saturated heterocycles. The first-order chi connectivity index (χ1) is 11.6. The van der Waals surface area contributed by atoms with Crippen LogP contribution < -0.4 is 4.74 Å². The van der Waals surface area contributed by atoms with Crippen molar-refractivity contribution in [3.63, 3.8) is 0 Å². The molecule has 0 aromatic heterocycles. The van der Waals surface area contributed by atoms with E-state index in [1.54, 1.807) is 13.0 Å². The predicted octanol–water partition coefficient (Wildman–Crippen LogP) is 5.84. The van der Waals surface area contributed by atoms with Crippen molar-refractivity contribution < 1.29 is 17.9 Å². The van der Waals surface area contributed by atoms with Crippen LogP contribution in [-0.4, -0.2) is 6.61 Å². The molecule has 0 atom stereocenters. The number of ether oxygens (including phenoxy) is 1. The van der Waals surface area contributed by atoms with E-state index < -0.39 is 17.5 Å². The van der Waals surface area contributed by atoms with Crippen LogP contribution in [0.4, 0.5) is 13.2 Å². The molecule has 0 unspecified atom stereocenters. The average Bonchev–Trinajstić information content (AvgIpc) is 2.61. The van der Waals surface area contributed by atoms with Gasteiger partial charge in [0.05, 0.1) is 6.61 Å². The summed E-state index contributed by atoms with van der Waals surface area (Å²) in [5.74, 6) is -3.02. The van der Waals surface area contributed by atoms with Crippen molar-refractivity contribution in [2.45, 2.75) is 6.92 Å². The van der Waals surface area contributed by atoms with Crippen molar-refractivity contribution in [1.29, 1.82) is 0 Å². The van der Waals surface area contributed by atoms with E-state index in [0.29, 0.717) is 5.56 Å². The van der Waals surface area contributed by atoms with Crippen molar-refractivity contribution in [1.82, 2.24) is 0 Å². The van der Waals surface area contributed by atoms with Crippen molar-refractivity contribution in [2.24, 2.45) is 0 Å². The van der Waals surface area contributed by atoms with Crippen molar-refractivity contribution in [2.75, 3.05) is 6.61 Å². The van der Waals surface area contributed by atoms with Gasteiger partial charge in [0.1, 0.15) is 5.82 Å². The maximum Gasteiger partial charge on any atom is 0.201 e. The van der Waals surface area contributed by atoms with Gasteiger partial charge in [-0.3, -0.25) is 0 Å². The molecular weight excluding hydrogens is 313 g/mol. The van der Waals surface area contributed by atoms with Crippen LogP contribution >= 0.6 is 0 Å². The molecule has 0 amide bonds. The van der Waals surface area contributed by atoms with Crippen molar-refractivity contribution in [3.8, 4) is 28.0 Å². The van der Waals surface area contributed by atoms with E-state index in [-0.39, 0.29) is 23.5 Å². The van der Waals surface area contributed by atoms with Gasteiger partial charge in [0.15, 0.2) is 11.6 Å². The third kappa shape index (κ3) is 3.00. The second-order valence-electron chi connectivity index (χ2n) is 5.23. The van der Waals surface area contributed by atoms with Gasteiger partial charge in [-0.1, -0.05) is 42.5 Å². The molecule has 0 spiro atoms. The Bertz CT molecular complexity index is 860. The largest absolute Gasteiger partial charge is 0.491 e. The lowest BCUT2D eigenvalue weighted by atomic mass is 9.99. The summed E-state index contributed by atoms with van der Waals surface area (Å²) in [6.45, 7) is 1.89. The number of halogens is 3. The van der Waals surface area contributed by atoms with Gasteiger partial charge < -0.3 is 4.74 Å². The average molecular weight is 328 g/mol. The minimum Gasteiger partial charge on any atom is -0.491 e. The molecule has 4 heteroatoms. The summed E-state index contributed by atoms with van der Waals surface area (Å²) in [6.07, 6.45) is 0.